The average Bonchev–Trinajstić information content (AvgIpc) is 2.64. The number of hydrogen-bond acceptors (Lipinski definition) is 5. The van der Waals surface area contributed by atoms with Gasteiger partial charge >= 0.3 is 0 Å². The molecule has 1 unspecified atom stereocenters. The van der Waals surface area contributed by atoms with E-state index in [0.717, 1.165) is 24.9 Å². The minimum atomic E-state index is -0.362. The predicted molar refractivity (Wildman–Crippen MR) is 73.2 cm³/mol. The van der Waals surface area contributed by atoms with Crippen molar-refractivity contribution in [3.05, 3.63) is 16.9 Å². The van der Waals surface area contributed by atoms with Crippen LogP contribution in [0.25, 0.3) is 0 Å². The van der Waals surface area contributed by atoms with Crippen LogP contribution in [-0.2, 0) is 4.79 Å². The Balaban J connectivity index is 1.98. The second kappa shape index (κ2) is 6.07. The van der Waals surface area contributed by atoms with Crippen LogP contribution in [0.15, 0.2) is 4.42 Å². The van der Waals surface area contributed by atoms with E-state index >= 15 is 0 Å². The van der Waals surface area contributed by atoms with E-state index in [9.17, 15) is 9.90 Å². The number of β-amino-alcohol motifs (C(OH)–C–C–N with tert-alkyl or cyclic N) is 1. The van der Waals surface area contributed by atoms with Crippen LogP contribution in [0.4, 0.5) is 5.88 Å². The van der Waals surface area contributed by atoms with Gasteiger partial charge in [-0.2, -0.15) is 5.26 Å². The molecule has 0 spiro atoms. The third-order valence-electron chi connectivity index (χ3n) is 3.60. The Morgan fingerprint density at radius 3 is 3.00 bits per heavy atom. The number of nitrogens with zero attached hydrogens (tertiary/aromatic N) is 2. The van der Waals surface area contributed by atoms with Gasteiger partial charge in [0, 0.05) is 12.1 Å². The minimum Gasteiger partial charge on any atom is -0.444 e. The van der Waals surface area contributed by atoms with Crippen LogP contribution in [0, 0.1) is 25.2 Å². The second-order valence-corrected chi connectivity index (χ2v) is 5.18. The molecular weight excluding hydrogens is 258 g/mol. The summed E-state index contributed by atoms with van der Waals surface area (Å²) in [5, 5.41) is 21.3. The third-order valence-corrected chi connectivity index (χ3v) is 3.60. The van der Waals surface area contributed by atoms with E-state index < -0.39 is 0 Å². The summed E-state index contributed by atoms with van der Waals surface area (Å²) in [4.78, 5) is 13.9. The van der Waals surface area contributed by atoms with E-state index in [2.05, 4.69) is 5.32 Å². The summed E-state index contributed by atoms with van der Waals surface area (Å²) >= 11 is 0. The summed E-state index contributed by atoms with van der Waals surface area (Å²) in [6, 6.07) is 2.04. The highest BCUT2D eigenvalue weighted by Crippen LogP contribution is 2.25. The van der Waals surface area contributed by atoms with Gasteiger partial charge in [0.15, 0.2) is 0 Å². The first-order valence-electron chi connectivity index (χ1n) is 6.71. The van der Waals surface area contributed by atoms with Gasteiger partial charge in [0.2, 0.25) is 11.8 Å². The zero-order valence-electron chi connectivity index (χ0n) is 11.8. The van der Waals surface area contributed by atoms with Crippen LogP contribution in [0.2, 0.25) is 0 Å². The van der Waals surface area contributed by atoms with Crippen molar-refractivity contribution in [1.29, 1.82) is 5.26 Å². The molecule has 6 nitrogen and oxygen atoms in total. The molecule has 2 rings (SSSR count). The van der Waals surface area contributed by atoms with E-state index in [0.29, 0.717) is 17.9 Å². The molecule has 0 bridgehead atoms. The van der Waals surface area contributed by atoms with Crippen molar-refractivity contribution in [2.75, 3.05) is 25.0 Å². The highest BCUT2D eigenvalue weighted by Gasteiger charge is 2.21. The molecule has 2 N–H and O–H groups in total. The quantitative estimate of drug-likeness (QED) is 0.865. The highest BCUT2D eigenvalue weighted by molar-refractivity contribution is 5.92. The fourth-order valence-corrected chi connectivity index (χ4v) is 2.39. The number of rotatable bonds is 3. The molecule has 1 aromatic heterocycles. The van der Waals surface area contributed by atoms with Gasteiger partial charge in [-0.15, -0.1) is 0 Å². The molecule has 1 saturated heterocycles. The lowest BCUT2D eigenvalue weighted by atomic mass is 10.1. The predicted octanol–water partition coefficient (Wildman–Crippen LogP) is 1.16. The van der Waals surface area contributed by atoms with Crippen molar-refractivity contribution in [2.45, 2.75) is 32.8 Å². The summed E-state index contributed by atoms with van der Waals surface area (Å²) < 4.78 is 5.39. The van der Waals surface area contributed by atoms with Gasteiger partial charge in [0.25, 0.3) is 0 Å². The van der Waals surface area contributed by atoms with Crippen LogP contribution in [0.1, 0.15) is 29.7 Å². The zero-order valence-corrected chi connectivity index (χ0v) is 11.8. The molecule has 1 aromatic rings. The summed E-state index contributed by atoms with van der Waals surface area (Å²) in [6.07, 6.45) is 1.31. The van der Waals surface area contributed by atoms with Crippen LogP contribution >= 0.6 is 0 Å². The zero-order chi connectivity index (χ0) is 14.7. The molecule has 1 amide bonds. The number of amides is 1. The van der Waals surface area contributed by atoms with Crippen molar-refractivity contribution < 1.29 is 14.3 Å². The molecule has 6 heteroatoms. The van der Waals surface area contributed by atoms with Gasteiger partial charge in [-0.05, 0) is 33.2 Å². The number of furan rings is 1. The Labute approximate surface area is 118 Å². The van der Waals surface area contributed by atoms with Crippen molar-refractivity contribution in [1.82, 2.24) is 4.90 Å². The maximum Gasteiger partial charge on any atom is 0.240 e. The number of anilines is 1. The number of nitrogens with one attached hydrogen (secondary N) is 1. The Bertz CT molecular complexity index is 545. The van der Waals surface area contributed by atoms with Gasteiger partial charge in [-0.25, -0.2) is 0 Å². The molecule has 1 atom stereocenters. The number of aryl methyl sites for hydroxylation is 1. The lowest BCUT2D eigenvalue weighted by Crippen LogP contribution is -2.42. The van der Waals surface area contributed by atoms with Gasteiger partial charge in [-0.3, -0.25) is 15.0 Å². The summed E-state index contributed by atoms with van der Waals surface area (Å²) in [5.74, 6) is 0.611. The molecule has 0 aliphatic carbocycles. The molecule has 1 aliphatic rings. The summed E-state index contributed by atoms with van der Waals surface area (Å²) in [7, 11) is 0. The molecular formula is C14H19N3O3. The Hall–Kier alpha value is -1.84. The lowest BCUT2D eigenvalue weighted by Gasteiger charge is -2.29. The molecule has 20 heavy (non-hydrogen) atoms. The Morgan fingerprint density at radius 1 is 1.60 bits per heavy atom. The maximum atomic E-state index is 12.0. The number of nitriles is 1. The van der Waals surface area contributed by atoms with Gasteiger partial charge in [0.05, 0.1) is 12.6 Å². The van der Waals surface area contributed by atoms with E-state index in [4.69, 9.17) is 9.68 Å². The van der Waals surface area contributed by atoms with E-state index in [1.165, 1.54) is 0 Å². The first-order chi connectivity index (χ1) is 9.51. The topological polar surface area (TPSA) is 89.5 Å². The van der Waals surface area contributed by atoms with E-state index in [-0.39, 0.29) is 24.4 Å². The summed E-state index contributed by atoms with van der Waals surface area (Å²) in [6.45, 7) is 5.04. The van der Waals surface area contributed by atoms with Gasteiger partial charge in [0.1, 0.15) is 17.4 Å². The number of likely N-dealkylation sites (tertiary alicyclic amines) is 1. The molecule has 0 saturated carbocycles. The second-order valence-electron chi connectivity index (χ2n) is 5.18. The fraction of sp³-hybridized carbons (Fsp3) is 0.571. The number of aliphatic hydroxyl groups is 1. The van der Waals surface area contributed by atoms with E-state index in [1.807, 2.05) is 11.0 Å². The van der Waals surface area contributed by atoms with Crippen LogP contribution in [-0.4, -0.2) is 41.7 Å². The minimum absolute atomic E-state index is 0.195. The van der Waals surface area contributed by atoms with E-state index in [1.54, 1.807) is 13.8 Å². The largest absolute Gasteiger partial charge is 0.444 e. The van der Waals surface area contributed by atoms with Crippen LogP contribution < -0.4 is 5.32 Å². The molecule has 108 valence electrons. The average molecular weight is 277 g/mol. The van der Waals surface area contributed by atoms with Crippen molar-refractivity contribution in [3.63, 3.8) is 0 Å². The van der Waals surface area contributed by atoms with Crippen LogP contribution in [0.3, 0.4) is 0 Å². The number of piperidine rings is 1. The lowest BCUT2D eigenvalue weighted by molar-refractivity contribution is -0.118. The first kappa shape index (κ1) is 14.6. The first-order valence-corrected chi connectivity index (χ1v) is 6.71. The Kier molecular flexibility index (Phi) is 4.42. The Morgan fingerprint density at radius 2 is 2.35 bits per heavy atom. The third kappa shape index (κ3) is 3.18. The summed E-state index contributed by atoms with van der Waals surface area (Å²) in [5.41, 5.74) is 1.12. The molecule has 0 aromatic carbocycles. The van der Waals surface area contributed by atoms with Gasteiger partial charge < -0.3 is 9.52 Å². The monoisotopic (exact) mass is 277 g/mol. The normalized spacial score (nSPS) is 19.6. The number of hydrogen-bond donors (Lipinski definition) is 2. The van der Waals surface area contributed by atoms with Crippen molar-refractivity contribution in [2.24, 2.45) is 0 Å². The van der Waals surface area contributed by atoms with Crippen molar-refractivity contribution in [3.8, 4) is 6.07 Å². The molecule has 0 radical (unpaired) electrons. The SMILES string of the molecule is Cc1oc(NC(=O)CN2CCCC(O)C2)c(C#N)c1C. The van der Waals surface area contributed by atoms with Crippen LogP contribution in [0.5, 0.6) is 0 Å². The number of carbonyl (C=O) groups excluding carboxylic acids is 1. The standard InChI is InChI=1S/C14H19N3O3/c1-9-10(2)20-14(12(9)6-15)16-13(19)8-17-5-3-4-11(18)7-17/h11,18H,3-5,7-8H2,1-2H3,(H,16,19). The molecule has 2 heterocycles. The fourth-order valence-electron chi connectivity index (χ4n) is 2.39. The number of aliphatic hydroxyl groups excluding tert-OH is 1. The molecule has 1 aliphatic heterocycles. The smallest absolute Gasteiger partial charge is 0.240 e. The number of carbonyl (C=O) groups is 1. The maximum absolute atomic E-state index is 12.0. The molecule has 1 fully saturated rings. The van der Waals surface area contributed by atoms with Gasteiger partial charge in [-0.1, -0.05) is 0 Å². The highest BCUT2D eigenvalue weighted by atomic mass is 16.4. The van der Waals surface area contributed by atoms with Crippen molar-refractivity contribution >= 4 is 11.8 Å².